The number of hydrogen-bond acceptors (Lipinski definition) is 1. The van der Waals surface area contributed by atoms with Crippen molar-refractivity contribution in [2.24, 2.45) is 11.8 Å². The molecule has 0 aromatic rings. The van der Waals surface area contributed by atoms with Gasteiger partial charge in [0.15, 0.2) is 5.60 Å². The van der Waals surface area contributed by atoms with Gasteiger partial charge in [0.05, 0.1) is 0 Å². The molecule has 1 aliphatic rings. The molecule has 0 bridgehead atoms. The number of hydrogen-bond donors (Lipinski definition) is 1. The van der Waals surface area contributed by atoms with Crippen molar-refractivity contribution in [3.8, 4) is 0 Å². The zero-order valence-electron chi connectivity index (χ0n) is 8.56. The Balaban J connectivity index is 2.65. The second-order valence-corrected chi connectivity index (χ2v) is 4.60. The lowest BCUT2D eigenvalue weighted by molar-refractivity contribution is -0.275. The minimum absolute atomic E-state index is 0.480. The van der Waals surface area contributed by atoms with Crippen LogP contribution in [0.1, 0.15) is 39.5 Å². The monoisotopic (exact) mass is 210 g/mol. The number of rotatable bonds is 1. The Hall–Kier alpha value is -0.250. The van der Waals surface area contributed by atoms with Gasteiger partial charge in [-0.2, -0.15) is 13.2 Å². The van der Waals surface area contributed by atoms with Gasteiger partial charge in [0, 0.05) is 0 Å². The van der Waals surface area contributed by atoms with Crippen LogP contribution in [0.4, 0.5) is 13.2 Å². The van der Waals surface area contributed by atoms with Crippen molar-refractivity contribution in [2.45, 2.75) is 51.3 Å². The van der Waals surface area contributed by atoms with Gasteiger partial charge in [0.1, 0.15) is 0 Å². The summed E-state index contributed by atoms with van der Waals surface area (Å²) in [5, 5.41) is 9.44. The summed E-state index contributed by atoms with van der Waals surface area (Å²) in [6.07, 6.45) is -1.96. The molecule has 1 N–H and O–H groups in total. The van der Waals surface area contributed by atoms with Crippen LogP contribution in [0.25, 0.3) is 0 Å². The summed E-state index contributed by atoms with van der Waals surface area (Å²) < 4.78 is 37.4. The maximum atomic E-state index is 12.5. The average Bonchev–Trinajstić information content (AvgIpc) is 2.03. The molecule has 0 aromatic heterocycles. The minimum Gasteiger partial charge on any atom is -0.380 e. The second-order valence-electron chi connectivity index (χ2n) is 4.60. The zero-order chi connectivity index (χ0) is 11.0. The smallest absolute Gasteiger partial charge is 0.380 e. The largest absolute Gasteiger partial charge is 0.417 e. The highest BCUT2D eigenvalue weighted by Gasteiger charge is 2.54. The highest BCUT2D eigenvalue weighted by atomic mass is 19.4. The van der Waals surface area contributed by atoms with Crippen LogP contribution < -0.4 is 0 Å². The van der Waals surface area contributed by atoms with E-state index in [0.717, 1.165) is 19.8 Å². The van der Waals surface area contributed by atoms with E-state index >= 15 is 0 Å². The Morgan fingerprint density at radius 3 is 1.86 bits per heavy atom. The van der Waals surface area contributed by atoms with Crippen LogP contribution in [0.2, 0.25) is 0 Å². The molecule has 0 saturated heterocycles. The lowest BCUT2D eigenvalue weighted by Crippen LogP contribution is -2.49. The Bertz CT molecular complexity index is 190. The molecule has 0 aromatic carbocycles. The lowest BCUT2D eigenvalue weighted by atomic mass is 9.74. The molecule has 0 amide bonds. The molecule has 4 heteroatoms. The molecular formula is C10H17F3O. The van der Waals surface area contributed by atoms with E-state index < -0.39 is 17.7 Å². The summed E-state index contributed by atoms with van der Waals surface area (Å²) in [6, 6.07) is 0. The standard InChI is InChI=1S/C10H17F3O/c1-7-3-5-8(6-4-7)9(2,14)10(11,12)13/h7-8,14H,3-6H2,1-2H3. The van der Waals surface area contributed by atoms with Crippen molar-refractivity contribution in [3.63, 3.8) is 0 Å². The third-order valence-electron chi connectivity index (χ3n) is 3.38. The fourth-order valence-electron chi connectivity index (χ4n) is 2.05. The SMILES string of the molecule is CC1CCC(C(C)(O)C(F)(F)F)CC1. The Labute approximate surface area is 82.3 Å². The van der Waals surface area contributed by atoms with E-state index in [9.17, 15) is 18.3 Å². The van der Waals surface area contributed by atoms with Crippen molar-refractivity contribution in [3.05, 3.63) is 0 Å². The molecule has 1 atom stereocenters. The van der Waals surface area contributed by atoms with E-state index in [4.69, 9.17) is 0 Å². The lowest BCUT2D eigenvalue weighted by Gasteiger charge is -2.38. The molecule has 0 spiro atoms. The van der Waals surface area contributed by atoms with Crippen molar-refractivity contribution < 1.29 is 18.3 Å². The molecule has 14 heavy (non-hydrogen) atoms. The van der Waals surface area contributed by atoms with Crippen molar-refractivity contribution in [1.29, 1.82) is 0 Å². The van der Waals surface area contributed by atoms with Gasteiger partial charge < -0.3 is 5.11 Å². The first-order valence-corrected chi connectivity index (χ1v) is 5.04. The van der Waals surface area contributed by atoms with Gasteiger partial charge in [0.2, 0.25) is 0 Å². The van der Waals surface area contributed by atoms with Crippen molar-refractivity contribution in [1.82, 2.24) is 0 Å². The van der Waals surface area contributed by atoms with Gasteiger partial charge in [-0.3, -0.25) is 0 Å². The van der Waals surface area contributed by atoms with Gasteiger partial charge in [0.25, 0.3) is 0 Å². The topological polar surface area (TPSA) is 20.2 Å². The van der Waals surface area contributed by atoms with Crippen LogP contribution in [-0.2, 0) is 0 Å². The Kier molecular flexibility index (Phi) is 3.14. The van der Waals surface area contributed by atoms with E-state index in [1.165, 1.54) is 0 Å². The first-order chi connectivity index (χ1) is 6.25. The van der Waals surface area contributed by atoms with Gasteiger partial charge in [-0.15, -0.1) is 0 Å². The maximum Gasteiger partial charge on any atom is 0.417 e. The molecule has 0 heterocycles. The van der Waals surface area contributed by atoms with E-state index in [-0.39, 0.29) is 0 Å². The first-order valence-electron chi connectivity index (χ1n) is 5.04. The molecule has 1 fully saturated rings. The summed E-state index contributed by atoms with van der Waals surface area (Å²) in [5.41, 5.74) is -2.51. The molecule has 84 valence electrons. The van der Waals surface area contributed by atoms with E-state index in [2.05, 4.69) is 0 Å². The molecular weight excluding hydrogens is 193 g/mol. The highest BCUT2D eigenvalue weighted by molar-refractivity contribution is 4.91. The first kappa shape index (κ1) is 11.8. The quantitative estimate of drug-likeness (QED) is 0.705. The molecule has 1 nitrogen and oxygen atoms in total. The number of alkyl halides is 3. The normalized spacial score (nSPS) is 33.9. The Morgan fingerprint density at radius 1 is 1.07 bits per heavy atom. The summed E-state index contributed by atoms with van der Waals surface area (Å²) in [6.45, 7) is 2.94. The fraction of sp³-hybridized carbons (Fsp3) is 1.00. The number of aliphatic hydroxyl groups is 1. The van der Waals surface area contributed by atoms with Gasteiger partial charge >= 0.3 is 6.18 Å². The van der Waals surface area contributed by atoms with Crippen molar-refractivity contribution in [2.75, 3.05) is 0 Å². The second kappa shape index (κ2) is 3.72. The third kappa shape index (κ3) is 2.22. The van der Waals surface area contributed by atoms with E-state index in [1.54, 1.807) is 0 Å². The molecule has 1 aliphatic carbocycles. The zero-order valence-corrected chi connectivity index (χ0v) is 8.56. The van der Waals surface area contributed by atoms with Crippen LogP contribution in [-0.4, -0.2) is 16.9 Å². The maximum absolute atomic E-state index is 12.5. The summed E-state index contributed by atoms with van der Waals surface area (Å²) >= 11 is 0. The molecule has 1 saturated carbocycles. The molecule has 1 unspecified atom stereocenters. The summed E-state index contributed by atoms with van der Waals surface area (Å²) in [7, 11) is 0. The molecule has 0 radical (unpaired) electrons. The van der Waals surface area contributed by atoms with Gasteiger partial charge in [-0.1, -0.05) is 19.8 Å². The minimum atomic E-state index is -4.50. The summed E-state index contributed by atoms with van der Waals surface area (Å²) in [5.74, 6) is -0.131. The third-order valence-corrected chi connectivity index (χ3v) is 3.38. The van der Waals surface area contributed by atoms with Gasteiger partial charge in [-0.25, -0.2) is 0 Å². The summed E-state index contributed by atoms with van der Waals surface area (Å²) in [4.78, 5) is 0. The Morgan fingerprint density at radius 2 is 1.50 bits per heavy atom. The average molecular weight is 210 g/mol. The van der Waals surface area contributed by atoms with Crippen molar-refractivity contribution >= 4 is 0 Å². The van der Waals surface area contributed by atoms with Gasteiger partial charge in [-0.05, 0) is 31.6 Å². The predicted molar refractivity (Wildman–Crippen MR) is 47.8 cm³/mol. The predicted octanol–water partition coefficient (Wildman–Crippen LogP) is 3.13. The van der Waals surface area contributed by atoms with Crippen LogP contribution >= 0.6 is 0 Å². The molecule has 1 rings (SSSR count). The van der Waals surface area contributed by atoms with Crippen LogP contribution in [0, 0.1) is 11.8 Å². The fourth-order valence-corrected chi connectivity index (χ4v) is 2.05. The highest BCUT2D eigenvalue weighted by Crippen LogP contribution is 2.43. The van der Waals surface area contributed by atoms with Crippen LogP contribution in [0.3, 0.4) is 0 Å². The molecule has 0 aliphatic heterocycles. The van der Waals surface area contributed by atoms with Crippen LogP contribution in [0.15, 0.2) is 0 Å². The number of halogens is 3. The van der Waals surface area contributed by atoms with E-state index in [1.807, 2.05) is 6.92 Å². The van der Waals surface area contributed by atoms with E-state index in [0.29, 0.717) is 18.8 Å². The van der Waals surface area contributed by atoms with Crippen LogP contribution in [0.5, 0.6) is 0 Å².